The van der Waals surface area contributed by atoms with E-state index < -0.39 is 5.82 Å². The number of hydrogen-bond acceptors (Lipinski definition) is 8. The fraction of sp³-hybridized carbons (Fsp3) is 0.100. The SMILES string of the molecule is CCOc1cc(F)ccc1-c1sc2c(N/N=C/c3cccs3)ncnc2c1C#N. The van der Waals surface area contributed by atoms with Crippen molar-refractivity contribution < 1.29 is 9.13 Å². The van der Waals surface area contributed by atoms with Crippen LogP contribution in [0.4, 0.5) is 10.2 Å². The second kappa shape index (κ2) is 8.34. The molecule has 9 heteroatoms. The second-order valence-corrected chi connectivity index (χ2v) is 7.78. The van der Waals surface area contributed by atoms with Crippen LogP contribution in [0.15, 0.2) is 47.1 Å². The minimum atomic E-state index is -0.401. The summed E-state index contributed by atoms with van der Waals surface area (Å²) in [6, 6.07) is 10.4. The van der Waals surface area contributed by atoms with E-state index >= 15 is 0 Å². The largest absolute Gasteiger partial charge is 0.493 e. The van der Waals surface area contributed by atoms with Crippen molar-refractivity contribution in [2.75, 3.05) is 12.0 Å². The number of nitrogens with one attached hydrogen (secondary N) is 1. The number of nitriles is 1. The zero-order chi connectivity index (χ0) is 20.2. The van der Waals surface area contributed by atoms with Crippen LogP contribution in [0.25, 0.3) is 20.7 Å². The molecule has 0 saturated carbocycles. The van der Waals surface area contributed by atoms with Gasteiger partial charge in [-0.2, -0.15) is 10.4 Å². The van der Waals surface area contributed by atoms with Crippen LogP contribution in [0.5, 0.6) is 5.75 Å². The first kappa shape index (κ1) is 19.0. The van der Waals surface area contributed by atoms with Crippen LogP contribution >= 0.6 is 22.7 Å². The van der Waals surface area contributed by atoms with Gasteiger partial charge in [0.1, 0.15) is 29.5 Å². The summed E-state index contributed by atoms with van der Waals surface area (Å²) >= 11 is 2.91. The Kier molecular flexibility index (Phi) is 5.46. The van der Waals surface area contributed by atoms with Gasteiger partial charge in [-0.25, -0.2) is 14.4 Å². The minimum absolute atomic E-state index is 0.382. The highest BCUT2D eigenvalue weighted by Crippen LogP contribution is 2.43. The van der Waals surface area contributed by atoms with E-state index in [-0.39, 0.29) is 0 Å². The Balaban J connectivity index is 1.80. The molecule has 0 unspecified atom stereocenters. The summed E-state index contributed by atoms with van der Waals surface area (Å²) in [5, 5.41) is 16.0. The van der Waals surface area contributed by atoms with Gasteiger partial charge in [-0.15, -0.1) is 22.7 Å². The molecule has 0 aliphatic rings. The minimum Gasteiger partial charge on any atom is -0.493 e. The van der Waals surface area contributed by atoms with Gasteiger partial charge in [0.2, 0.25) is 0 Å². The van der Waals surface area contributed by atoms with Gasteiger partial charge >= 0.3 is 0 Å². The summed E-state index contributed by atoms with van der Waals surface area (Å²) in [6.07, 6.45) is 3.09. The van der Waals surface area contributed by atoms with E-state index in [2.05, 4.69) is 26.6 Å². The number of hydrogen-bond donors (Lipinski definition) is 1. The van der Waals surface area contributed by atoms with Crippen LogP contribution in [0.3, 0.4) is 0 Å². The molecule has 6 nitrogen and oxygen atoms in total. The molecule has 0 amide bonds. The number of hydrazone groups is 1. The number of benzene rings is 1. The maximum absolute atomic E-state index is 13.7. The molecule has 4 rings (SSSR count). The number of halogens is 1. The van der Waals surface area contributed by atoms with Crippen molar-refractivity contribution >= 4 is 44.9 Å². The van der Waals surface area contributed by atoms with Crippen LogP contribution < -0.4 is 10.2 Å². The first-order valence-corrected chi connectivity index (χ1v) is 10.3. The van der Waals surface area contributed by atoms with E-state index in [4.69, 9.17) is 4.74 Å². The van der Waals surface area contributed by atoms with Gasteiger partial charge in [0.05, 0.1) is 28.0 Å². The summed E-state index contributed by atoms with van der Waals surface area (Å²) in [6.45, 7) is 2.21. The van der Waals surface area contributed by atoms with Crippen LogP contribution in [-0.2, 0) is 0 Å². The van der Waals surface area contributed by atoms with Crippen molar-refractivity contribution in [3.8, 4) is 22.3 Å². The highest BCUT2D eigenvalue weighted by atomic mass is 32.1. The van der Waals surface area contributed by atoms with Gasteiger partial charge in [-0.3, -0.25) is 5.43 Å². The van der Waals surface area contributed by atoms with Gasteiger partial charge in [0.25, 0.3) is 0 Å². The van der Waals surface area contributed by atoms with Crippen molar-refractivity contribution in [2.24, 2.45) is 5.10 Å². The molecule has 1 N–H and O–H groups in total. The van der Waals surface area contributed by atoms with E-state index in [1.165, 1.54) is 29.8 Å². The fourth-order valence-corrected chi connectivity index (χ4v) is 4.52. The van der Waals surface area contributed by atoms with Crippen molar-refractivity contribution in [3.63, 3.8) is 0 Å². The van der Waals surface area contributed by atoms with Gasteiger partial charge in [-0.1, -0.05) is 6.07 Å². The highest BCUT2D eigenvalue weighted by Gasteiger charge is 2.21. The quantitative estimate of drug-likeness (QED) is 0.337. The third-order valence-corrected chi connectivity index (χ3v) is 6.00. The first-order chi connectivity index (χ1) is 14.2. The monoisotopic (exact) mass is 423 g/mol. The van der Waals surface area contributed by atoms with Crippen LogP contribution in [0, 0.1) is 17.1 Å². The Hall–Kier alpha value is -3.35. The maximum Gasteiger partial charge on any atom is 0.167 e. The third-order valence-electron chi connectivity index (χ3n) is 3.98. The average molecular weight is 423 g/mol. The Bertz CT molecular complexity index is 1230. The molecular weight excluding hydrogens is 409 g/mol. The maximum atomic E-state index is 13.7. The van der Waals surface area contributed by atoms with Crippen LogP contribution in [-0.4, -0.2) is 22.8 Å². The number of rotatable bonds is 6. The Morgan fingerprint density at radius 2 is 2.24 bits per heavy atom. The molecule has 29 heavy (non-hydrogen) atoms. The lowest BCUT2D eigenvalue weighted by Crippen LogP contribution is -1.95. The summed E-state index contributed by atoms with van der Waals surface area (Å²) in [7, 11) is 0. The van der Waals surface area contributed by atoms with E-state index in [0.717, 1.165) is 4.88 Å². The predicted molar refractivity (Wildman–Crippen MR) is 114 cm³/mol. The molecule has 0 bridgehead atoms. The molecule has 4 aromatic rings. The van der Waals surface area contributed by atoms with Crippen molar-refractivity contribution in [1.29, 1.82) is 5.26 Å². The van der Waals surface area contributed by atoms with Gasteiger partial charge in [0, 0.05) is 16.5 Å². The van der Waals surface area contributed by atoms with Crippen molar-refractivity contribution in [3.05, 3.63) is 58.3 Å². The topological polar surface area (TPSA) is 83.2 Å². The molecule has 0 saturated heterocycles. The lowest BCUT2D eigenvalue weighted by atomic mass is 10.1. The third kappa shape index (κ3) is 3.81. The molecule has 3 heterocycles. The summed E-state index contributed by atoms with van der Waals surface area (Å²) in [4.78, 5) is 10.2. The number of fused-ring (bicyclic) bond motifs is 1. The van der Waals surface area contributed by atoms with E-state index in [9.17, 15) is 9.65 Å². The Labute approximate surface area is 173 Å². The lowest BCUT2D eigenvalue weighted by molar-refractivity contribution is 0.340. The number of thiophene rings is 2. The van der Waals surface area contributed by atoms with Gasteiger partial charge in [0.15, 0.2) is 5.82 Å². The lowest BCUT2D eigenvalue weighted by Gasteiger charge is -2.09. The summed E-state index contributed by atoms with van der Waals surface area (Å²) in [5.41, 5.74) is 4.48. The second-order valence-electron chi connectivity index (χ2n) is 5.78. The van der Waals surface area contributed by atoms with Crippen molar-refractivity contribution in [2.45, 2.75) is 6.92 Å². The van der Waals surface area contributed by atoms with E-state index in [0.29, 0.717) is 44.4 Å². The van der Waals surface area contributed by atoms with Gasteiger partial charge < -0.3 is 4.74 Å². The van der Waals surface area contributed by atoms with Crippen molar-refractivity contribution in [1.82, 2.24) is 9.97 Å². The molecule has 1 aromatic carbocycles. The molecule has 0 spiro atoms. The van der Waals surface area contributed by atoms with Gasteiger partial charge in [-0.05, 0) is 30.5 Å². The highest BCUT2D eigenvalue weighted by molar-refractivity contribution is 7.23. The zero-order valence-electron chi connectivity index (χ0n) is 15.2. The van der Waals surface area contributed by atoms with Crippen LogP contribution in [0.2, 0.25) is 0 Å². The normalized spacial score (nSPS) is 11.1. The molecule has 0 radical (unpaired) electrons. The molecule has 0 fully saturated rings. The number of aromatic nitrogens is 2. The van der Waals surface area contributed by atoms with Crippen LogP contribution in [0.1, 0.15) is 17.4 Å². The molecule has 0 aliphatic carbocycles. The fourth-order valence-electron chi connectivity index (χ4n) is 2.76. The average Bonchev–Trinajstić information content (AvgIpc) is 3.36. The Morgan fingerprint density at radius 1 is 1.34 bits per heavy atom. The zero-order valence-corrected chi connectivity index (χ0v) is 16.9. The number of nitrogens with zero attached hydrogens (tertiary/aromatic N) is 4. The standard InChI is InChI=1S/C20H14FN5OS2/c1-2-27-16-8-12(21)5-6-14(16)18-15(9-22)17-19(29-18)20(24-11-23-17)26-25-10-13-4-3-7-28-13/h3-8,10-11H,2H2,1H3,(H,23,24,26)/b25-10+. The molecule has 0 atom stereocenters. The smallest absolute Gasteiger partial charge is 0.167 e. The summed E-state index contributed by atoms with van der Waals surface area (Å²) < 4.78 is 20.0. The number of ether oxygens (including phenoxy) is 1. The predicted octanol–water partition coefficient (Wildman–Crippen LogP) is 5.28. The molecular formula is C20H14FN5OS2. The molecule has 3 aromatic heterocycles. The van der Waals surface area contributed by atoms with E-state index in [1.54, 1.807) is 23.6 Å². The summed E-state index contributed by atoms with van der Waals surface area (Å²) in [5.74, 6) is 0.478. The molecule has 0 aliphatic heterocycles. The Morgan fingerprint density at radius 3 is 3.00 bits per heavy atom. The number of anilines is 1. The molecule has 144 valence electrons. The first-order valence-electron chi connectivity index (χ1n) is 8.64. The van der Waals surface area contributed by atoms with E-state index in [1.807, 2.05) is 24.4 Å².